The lowest BCUT2D eigenvalue weighted by Crippen LogP contribution is -2.24. The fourth-order valence-electron chi connectivity index (χ4n) is 2.66. The van der Waals surface area contributed by atoms with Crippen molar-refractivity contribution in [1.29, 1.82) is 0 Å². The largest absolute Gasteiger partial charge is 0.453 e. The van der Waals surface area contributed by atoms with E-state index in [1.807, 2.05) is 6.92 Å². The monoisotopic (exact) mass is 467 g/mol. The van der Waals surface area contributed by atoms with Crippen LogP contribution in [0.2, 0.25) is 15.2 Å². The number of nitrogens with zero attached hydrogens (tertiary/aromatic N) is 1. The van der Waals surface area contributed by atoms with Gasteiger partial charge >= 0.3 is 0 Å². The van der Waals surface area contributed by atoms with E-state index in [0.717, 1.165) is 0 Å². The van der Waals surface area contributed by atoms with E-state index in [1.165, 1.54) is 18.2 Å². The normalized spacial score (nSPS) is 10.7. The molecule has 0 radical (unpaired) electrons. The van der Waals surface area contributed by atoms with E-state index in [2.05, 4.69) is 21.9 Å². The van der Waals surface area contributed by atoms with E-state index in [1.54, 1.807) is 18.2 Å². The average Bonchev–Trinajstić information content (AvgIpc) is 3.10. The minimum atomic E-state index is -0.703. The fraction of sp³-hybridized carbons (Fsp3) is 0.143. The number of rotatable bonds is 7. The molecule has 3 rings (SSSR count). The predicted octanol–water partition coefficient (Wildman–Crippen LogP) is 6.44. The Bertz CT molecular complexity index is 1120. The molecule has 2 aromatic carbocycles. The van der Waals surface area contributed by atoms with Crippen LogP contribution in [0.3, 0.4) is 0 Å². The quantitative estimate of drug-likeness (QED) is 0.419. The van der Waals surface area contributed by atoms with Gasteiger partial charge in [-0.1, -0.05) is 60.4 Å². The number of hydrogen-bond acceptors (Lipinski definition) is 3. The zero-order chi connectivity index (χ0) is 21.8. The first-order valence-corrected chi connectivity index (χ1v) is 10.1. The molecule has 0 spiro atoms. The van der Waals surface area contributed by atoms with Crippen LogP contribution in [-0.2, 0) is 13.0 Å². The number of amides is 1. The SMILES string of the molecule is C=Cc1cc(Cl)cc(Oc2c(Cl)ccc(CNC(=O)c3nc(CC)[nH]c3Cl)c2F)c1. The van der Waals surface area contributed by atoms with Crippen molar-refractivity contribution in [2.24, 2.45) is 0 Å². The molecular weight excluding hydrogens is 452 g/mol. The van der Waals surface area contributed by atoms with E-state index in [-0.39, 0.29) is 33.7 Å². The molecule has 30 heavy (non-hydrogen) atoms. The number of ether oxygens (including phenoxy) is 1. The summed E-state index contributed by atoms with van der Waals surface area (Å²) in [7, 11) is 0. The highest BCUT2D eigenvalue weighted by atomic mass is 35.5. The van der Waals surface area contributed by atoms with Crippen LogP contribution in [0.4, 0.5) is 4.39 Å². The number of halogens is 4. The Morgan fingerprint density at radius 3 is 2.73 bits per heavy atom. The minimum Gasteiger partial charge on any atom is -0.453 e. The Balaban J connectivity index is 1.80. The number of benzene rings is 2. The molecule has 1 amide bonds. The van der Waals surface area contributed by atoms with Gasteiger partial charge in [-0.2, -0.15) is 0 Å². The molecule has 5 nitrogen and oxygen atoms in total. The lowest BCUT2D eigenvalue weighted by Gasteiger charge is -2.13. The summed E-state index contributed by atoms with van der Waals surface area (Å²) in [5.74, 6) is -0.524. The second-order valence-electron chi connectivity index (χ2n) is 6.26. The number of aryl methyl sites for hydroxylation is 1. The Labute approximate surface area is 187 Å². The Morgan fingerprint density at radius 2 is 2.07 bits per heavy atom. The van der Waals surface area contributed by atoms with Crippen molar-refractivity contribution in [3.05, 3.63) is 80.6 Å². The van der Waals surface area contributed by atoms with Crippen LogP contribution < -0.4 is 10.1 Å². The van der Waals surface area contributed by atoms with Crippen molar-refractivity contribution in [2.45, 2.75) is 19.9 Å². The third kappa shape index (κ3) is 4.95. The number of aromatic amines is 1. The van der Waals surface area contributed by atoms with Crippen LogP contribution >= 0.6 is 34.8 Å². The van der Waals surface area contributed by atoms with Gasteiger partial charge in [0.25, 0.3) is 5.91 Å². The molecule has 156 valence electrons. The maximum Gasteiger partial charge on any atom is 0.273 e. The molecule has 0 bridgehead atoms. The molecule has 1 heterocycles. The lowest BCUT2D eigenvalue weighted by atomic mass is 10.2. The van der Waals surface area contributed by atoms with Crippen molar-refractivity contribution in [3.8, 4) is 11.5 Å². The van der Waals surface area contributed by atoms with Gasteiger partial charge in [0.1, 0.15) is 16.7 Å². The Kier molecular flexibility index (Phi) is 7.02. The van der Waals surface area contributed by atoms with Crippen LogP contribution in [0.5, 0.6) is 11.5 Å². The molecule has 0 aliphatic carbocycles. The van der Waals surface area contributed by atoms with Gasteiger partial charge in [0.2, 0.25) is 0 Å². The first-order chi connectivity index (χ1) is 14.3. The van der Waals surface area contributed by atoms with Crippen LogP contribution in [0.25, 0.3) is 6.08 Å². The third-order valence-electron chi connectivity index (χ3n) is 4.18. The van der Waals surface area contributed by atoms with Gasteiger partial charge in [-0.25, -0.2) is 9.37 Å². The second kappa shape index (κ2) is 9.51. The van der Waals surface area contributed by atoms with Gasteiger partial charge in [-0.05, 0) is 29.8 Å². The first kappa shape index (κ1) is 22.2. The zero-order valence-corrected chi connectivity index (χ0v) is 18.1. The molecule has 0 saturated carbocycles. The second-order valence-corrected chi connectivity index (χ2v) is 7.48. The fourth-order valence-corrected chi connectivity index (χ4v) is 3.31. The third-order valence-corrected chi connectivity index (χ3v) is 4.97. The van der Waals surface area contributed by atoms with E-state index in [0.29, 0.717) is 28.6 Å². The van der Waals surface area contributed by atoms with E-state index in [4.69, 9.17) is 39.5 Å². The van der Waals surface area contributed by atoms with Crippen molar-refractivity contribution in [1.82, 2.24) is 15.3 Å². The zero-order valence-electron chi connectivity index (χ0n) is 15.9. The standard InChI is InChI=1S/C21H17Cl3FN3O2/c1-3-11-7-13(22)9-14(8-11)30-19-15(23)6-5-12(17(19)25)10-26-21(29)18-20(24)28-16(4-2)27-18/h3,5-9H,1,4,10H2,2H3,(H,26,29)(H,27,28). The number of aromatic nitrogens is 2. The summed E-state index contributed by atoms with van der Waals surface area (Å²) >= 11 is 18.2. The summed E-state index contributed by atoms with van der Waals surface area (Å²) in [6, 6.07) is 7.81. The van der Waals surface area contributed by atoms with Crippen molar-refractivity contribution in [2.75, 3.05) is 0 Å². The summed E-state index contributed by atoms with van der Waals surface area (Å²) in [5.41, 5.74) is 0.936. The van der Waals surface area contributed by atoms with Crippen molar-refractivity contribution < 1.29 is 13.9 Å². The molecule has 3 aromatic rings. The Hall–Kier alpha value is -2.54. The van der Waals surface area contributed by atoms with Crippen molar-refractivity contribution in [3.63, 3.8) is 0 Å². The molecule has 0 atom stereocenters. The number of carbonyl (C=O) groups excluding carboxylic acids is 1. The van der Waals surface area contributed by atoms with Gasteiger partial charge in [0.05, 0.1) is 5.02 Å². The highest BCUT2D eigenvalue weighted by Gasteiger charge is 2.19. The molecule has 0 fully saturated rings. The van der Waals surface area contributed by atoms with E-state index < -0.39 is 11.7 Å². The average molecular weight is 469 g/mol. The number of nitrogens with one attached hydrogen (secondary N) is 2. The lowest BCUT2D eigenvalue weighted by molar-refractivity contribution is 0.0946. The summed E-state index contributed by atoms with van der Waals surface area (Å²) in [6.45, 7) is 5.44. The predicted molar refractivity (Wildman–Crippen MR) is 117 cm³/mol. The number of hydrogen-bond donors (Lipinski definition) is 2. The number of H-pyrrole nitrogens is 1. The van der Waals surface area contributed by atoms with Crippen molar-refractivity contribution >= 4 is 46.8 Å². The highest BCUT2D eigenvalue weighted by molar-refractivity contribution is 6.32. The van der Waals surface area contributed by atoms with Crippen LogP contribution in [-0.4, -0.2) is 15.9 Å². The van der Waals surface area contributed by atoms with Gasteiger partial charge in [-0.15, -0.1) is 0 Å². The van der Waals surface area contributed by atoms with Gasteiger partial charge in [0.15, 0.2) is 17.3 Å². The van der Waals surface area contributed by atoms with E-state index >= 15 is 4.39 Å². The minimum absolute atomic E-state index is 0.0512. The Morgan fingerprint density at radius 1 is 1.30 bits per heavy atom. The van der Waals surface area contributed by atoms with Gasteiger partial charge < -0.3 is 15.0 Å². The van der Waals surface area contributed by atoms with Crippen LogP contribution in [0, 0.1) is 5.82 Å². The molecule has 0 aliphatic heterocycles. The maximum absolute atomic E-state index is 15.0. The van der Waals surface area contributed by atoms with E-state index in [9.17, 15) is 4.79 Å². The molecule has 0 unspecified atom stereocenters. The van der Waals surface area contributed by atoms with Crippen LogP contribution in [0.1, 0.15) is 34.4 Å². The summed E-state index contributed by atoms with van der Waals surface area (Å²) in [5, 5.41) is 3.20. The molecule has 9 heteroatoms. The summed E-state index contributed by atoms with van der Waals surface area (Å²) < 4.78 is 20.7. The molecular formula is C21H17Cl3FN3O2. The van der Waals surface area contributed by atoms with Gasteiger partial charge in [-0.3, -0.25) is 4.79 Å². The van der Waals surface area contributed by atoms with Gasteiger partial charge in [0, 0.05) is 23.6 Å². The first-order valence-electron chi connectivity index (χ1n) is 8.92. The topological polar surface area (TPSA) is 67.0 Å². The van der Waals surface area contributed by atoms with Crippen LogP contribution in [0.15, 0.2) is 36.9 Å². The molecule has 1 aromatic heterocycles. The molecule has 2 N–H and O–H groups in total. The smallest absolute Gasteiger partial charge is 0.273 e. The number of imidazole rings is 1. The number of carbonyl (C=O) groups is 1. The molecule has 0 saturated heterocycles. The summed E-state index contributed by atoms with van der Waals surface area (Å²) in [6.07, 6.45) is 2.18. The maximum atomic E-state index is 15.0. The summed E-state index contributed by atoms with van der Waals surface area (Å²) in [4.78, 5) is 19.3. The molecule has 0 aliphatic rings. The highest BCUT2D eigenvalue weighted by Crippen LogP contribution is 2.35.